The summed E-state index contributed by atoms with van der Waals surface area (Å²) in [6.45, 7) is 7.27. The van der Waals surface area contributed by atoms with Crippen molar-refractivity contribution in [1.82, 2.24) is 0 Å². The van der Waals surface area contributed by atoms with Gasteiger partial charge in [-0.05, 0) is 31.6 Å². The van der Waals surface area contributed by atoms with Gasteiger partial charge in [0, 0.05) is 25.7 Å². The first-order valence-corrected chi connectivity index (χ1v) is 40.6. The molecule has 0 fully saturated rings. The first-order chi connectivity index (χ1) is 44.0. The lowest BCUT2D eigenvalue weighted by atomic mass is 10.0. The number of ether oxygens (including phenoxy) is 4. The maximum absolute atomic E-state index is 13.0. The molecule has 91 heavy (non-hydrogen) atoms. The smallest absolute Gasteiger partial charge is 0.462 e. The molecule has 0 aromatic rings. The number of carbonyl (C=O) groups is 4. The molecule has 19 heteroatoms. The SMILES string of the molecule is CCCCCCCCCCCCCCCCCC(=O)OC[C@H](COP(=O)(O)OC[C@@H](O)COP(=O)(O)OC[C@@H](COC(=O)CCCCCCCCCCCC)OC(=O)CCCCCCCCCCCCC)OC(=O)CCCCCCCCCCCCCCC(C)C. The molecule has 0 heterocycles. The Balaban J connectivity index is 5.24. The average Bonchev–Trinajstić information content (AvgIpc) is 3.55. The van der Waals surface area contributed by atoms with Crippen LogP contribution in [-0.2, 0) is 65.4 Å². The summed E-state index contributed by atoms with van der Waals surface area (Å²) in [5, 5.41) is 10.6. The Morgan fingerprint density at radius 1 is 0.297 bits per heavy atom. The van der Waals surface area contributed by atoms with Crippen molar-refractivity contribution >= 4 is 39.5 Å². The summed E-state index contributed by atoms with van der Waals surface area (Å²) in [6, 6.07) is 0. The molecule has 0 aliphatic heterocycles. The lowest BCUT2D eigenvalue weighted by Gasteiger charge is -2.21. The maximum Gasteiger partial charge on any atom is 0.472 e. The molecule has 5 atom stereocenters. The first kappa shape index (κ1) is 89.1. The van der Waals surface area contributed by atoms with Crippen LogP contribution in [0.15, 0.2) is 0 Å². The quantitative estimate of drug-likeness (QED) is 0.0222. The molecular weight excluding hydrogens is 1200 g/mol. The Bertz CT molecular complexity index is 1750. The number of phosphoric ester groups is 2. The third-order valence-corrected chi connectivity index (χ3v) is 18.7. The molecule has 0 bridgehead atoms. The highest BCUT2D eigenvalue weighted by atomic mass is 31.2. The molecule has 0 rings (SSSR count). The summed E-state index contributed by atoms with van der Waals surface area (Å²) in [5.74, 6) is -1.34. The summed E-state index contributed by atoms with van der Waals surface area (Å²) >= 11 is 0. The number of aliphatic hydroxyl groups excluding tert-OH is 1. The molecule has 540 valence electrons. The summed E-state index contributed by atoms with van der Waals surface area (Å²) in [7, 11) is -9.90. The van der Waals surface area contributed by atoms with Crippen LogP contribution >= 0.6 is 15.6 Å². The number of carbonyl (C=O) groups excluding carboxylic acids is 4. The highest BCUT2D eigenvalue weighted by Gasteiger charge is 2.30. The van der Waals surface area contributed by atoms with E-state index in [1.807, 2.05) is 0 Å². The van der Waals surface area contributed by atoms with Gasteiger partial charge in [0.15, 0.2) is 12.2 Å². The van der Waals surface area contributed by atoms with E-state index in [4.69, 9.17) is 37.0 Å². The molecule has 17 nitrogen and oxygen atoms in total. The molecule has 0 amide bonds. The fraction of sp³-hybridized carbons (Fsp3) is 0.944. The van der Waals surface area contributed by atoms with Gasteiger partial charge < -0.3 is 33.8 Å². The van der Waals surface area contributed by atoms with E-state index in [1.165, 1.54) is 199 Å². The zero-order valence-corrected chi connectivity index (χ0v) is 60.8. The number of aliphatic hydroxyl groups is 1. The Morgan fingerprint density at radius 3 is 0.747 bits per heavy atom. The molecular formula is C72H140O17P2. The van der Waals surface area contributed by atoms with E-state index in [0.29, 0.717) is 25.7 Å². The molecule has 0 aliphatic rings. The van der Waals surface area contributed by atoms with E-state index in [0.717, 1.165) is 95.8 Å². The topological polar surface area (TPSA) is 237 Å². The summed E-state index contributed by atoms with van der Waals surface area (Å²) in [4.78, 5) is 72.6. The van der Waals surface area contributed by atoms with Gasteiger partial charge in [-0.2, -0.15) is 0 Å². The minimum Gasteiger partial charge on any atom is -0.462 e. The average molecular weight is 1340 g/mol. The van der Waals surface area contributed by atoms with Crippen LogP contribution in [0.5, 0.6) is 0 Å². The van der Waals surface area contributed by atoms with E-state index < -0.39 is 97.5 Å². The minimum atomic E-state index is -4.95. The van der Waals surface area contributed by atoms with Gasteiger partial charge in [-0.25, -0.2) is 9.13 Å². The van der Waals surface area contributed by atoms with E-state index in [9.17, 15) is 43.2 Å². The van der Waals surface area contributed by atoms with Crippen LogP contribution in [0.4, 0.5) is 0 Å². The lowest BCUT2D eigenvalue weighted by Crippen LogP contribution is -2.30. The van der Waals surface area contributed by atoms with Crippen molar-refractivity contribution < 1.29 is 80.2 Å². The molecule has 0 saturated carbocycles. The van der Waals surface area contributed by atoms with E-state index in [1.54, 1.807) is 0 Å². The second kappa shape index (κ2) is 65.4. The second-order valence-corrected chi connectivity index (χ2v) is 29.4. The van der Waals surface area contributed by atoms with Gasteiger partial charge in [-0.15, -0.1) is 0 Å². The van der Waals surface area contributed by atoms with Crippen molar-refractivity contribution in [3.8, 4) is 0 Å². The van der Waals surface area contributed by atoms with Gasteiger partial charge in [0.1, 0.15) is 19.3 Å². The number of unbranched alkanes of at least 4 members (excludes halogenated alkanes) is 44. The molecule has 0 aromatic heterocycles. The zero-order chi connectivity index (χ0) is 67.0. The lowest BCUT2D eigenvalue weighted by molar-refractivity contribution is -0.161. The number of phosphoric acid groups is 2. The van der Waals surface area contributed by atoms with Gasteiger partial charge in [0.25, 0.3) is 0 Å². The van der Waals surface area contributed by atoms with Gasteiger partial charge in [0.2, 0.25) is 0 Å². The highest BCUT2D eigenvalue weighted by Crippen LogP contribution is 2.45. The molecule has 0 spiro atoms. The Hall–Kier alpha value is -1.94. The predicted octanol–water partition coefficient (Wildman–Crippen LogP) is 20.9. The van der Waals surface area contributed by atoms with Crippen molar-refractivity contribution in [2.24, 2.45) is 5.92 Å². The van der Waals surface area contributed by atoms with E-state index in [2.05, 4.69) is 34.6 Å². The summed E-state index contributed by atoms with van der Waals surface area (Å²) in [5.41, 5.74) is 0. The third kappa shape index (κ3) is 66.5. The Morgan fingerprint density at radius 2 is 0.505 bits per heavy atom. The Kier molecular flexibility index (Phi) is 64.0. The molecule has 0 saturated heterocycles. The van der Waals surface area contributed by atoms with Crippen LogP contribution in [-0.4, -0.2) is 96.7 Å². The number of hydrogen-bond acceptors (Lipinski definition) is 15. The Labute approximate surface area is 556 Å². The monoisotopic (exact) mass is 1340 g/mol. The zero-order valence-electron chi connectivity index (χ0n) is 59.0. The molecule has 0 aliphatic carbocycles. The number of rotatable bonds is 72. The van der Waals surface area contributed by atoms with Gasteiger partial charge in [-0.1, -0.05) is 324 Å². The molecule has 3 N–H and O–H groups in total. The van der Waals surface area contributed by atoms with Crippen LogP contribution in [0.1, 0.15) is 375 Å². The van der Waals surface area contributed by atoms with Crippen LogP contribution < -0.4 is 0 Å². The van der Waals surface area contributed by atoms with Crippen LogP contribution in [0.2, 0.25) is 0 Å². The van der Waals surface area contributed by atoms with Crippen molar-refractivity contribution in [1.29, 1.82) is 0 Å². The van der Waals surface area contributed by atoms with Crippen molar-refractivity contribution in [3.05, 3.63) is 0 Å². The molecule has 2 unspecified atom stereocenters. The number of hydrogen-bond donors (Lipinski definition) is 3. The molecule has 0 radical (unpaired) electrons. The van der Waals surface area contributed by atoms with Crippen LogP contribution in [0.3, 0.4) is 0 Å². The largest absolute Gasteiger partial charge is 0.472 e. The van der Waals surface area contributed by atoms with Crippen LogP contribution in [0.25, 0.3) is 0 Å². The summed E-state index contributed by atoms with van der Waals surface area (Å²) < 4.78 is 68.4. The van der Waals surface area contributed by atoms with Crippen molar-refractivity contribution in [2.45, 2.75) is 393 Å². The normalized spacial score (nSPS) is 14.0. The fourth-order valence-corrected chi connectivity index (χ4v) is 12.6. The van der Waals surface area contributed by atoms with Crippen LogP contribution in [0, 0.1) is 5.92 Å². The van der Waals surface area contributed by atoms with Gasteiger partial charge >= 0.3 is 39.5 Å². The highest BCUT2D eigenvalue weighted by molar-refractivity contribution is 7.47. The standard InChI is InChI=1S/C72H140O17P2/c1-6-9-12-15-18-21-24-25-26-27-32-36-41-46-51-56-70(75)83-62-68(89-72(77)58-53-48-43-38-33-29-28-31-34-39-44-49-54-65(4)5)64-87-91(80,81)85-60-66(73)59-84-90(78,79)86-63-67(61-82-69(74)55-50-45-40-35-23-20-17-14-11-8-3)88-71(76)57-52-47-42-37-30-22-19-16-13-10-7-2/h65-68,73H,6-64H2,1-5H3,(H,78,79)(H,80,81)/t66-,67+,68+/m0/s1. The van der Waals surface area contributed by atoms with E-state index in [-0.39, 0.29) is 25.7 Å². The minimum absolute atomic E-state index is 0.107. The van der Waals surface area contributed by atoms with Crippen molar-refractivity contribution in [2.75, 3.05) is 39.6 Å². The van der Waals surface area contributed by atoms with Gasteiger partial charge in [-0.3, -0.25) is 37.3 Å². The van der Waals surface area contributed by atoms with E-state index >= 15 is 0 Å². The maximum atomic E-state index is 13.0. The van der Waals surface area contributed by atoms with Crippen molar-refractivity contribution in [3.63, 3.8) is 0 Å². The third-order valence-electron chi connectivity index (χ3n) is 16.8. The number of esters is 4. The fourth-order valence-electron chi connectivity index (χ4n) is 11.0. The first-order valence-electron chi connectivity index (χ1n) is 37.6. The summed E-state index contributed by atoms with van der Waals surface area (Å²) in [6.07, 6.45) is 52.5. The molecule has 0 aromatic carbocycles. The second-order valence-electron chi connectivity index (χ2n) is 26.5. The predicted molar refractivity (Wildman–Crippen MR) is 368 cm³/mol. The van der Waals surface area contributed by atoms with Gasteiger partial charge in [0.05, 0.1) is 26.4 Å².